The van der Waals surface area contributed by atoms with Crippen LogP contribution >= 0.6 is 22.6 Å². The molecular weight excluding hydrogens is 515 g/mol. The molecule has 0 amide bonds. The van der Waals surface area contributed by atoms with Gasteiger partial charge in [-0.3, -0.25) is 4.98 Å². The van der Waals surface area contributed by atoms with Crippen molar-refractivity contribution in [3.05, 3.63) is 70.1 Å². The van der Waals surface area contributed by atoms with Gasteiger partial charge >= 0.3 is 0 Å². The van der Waals surface area contributed by atoms with Crippen LogP contribution in [0.1, 0.15) is 18.7 Å². The predicted molar refractivity (Wildman–Crippen MR) is 121 cm³/mol. The lowest BCUT2D eigenvalue weighted by molar-refractivity contribution is 0.564. The molecule has 2 N–H and O–H groups in total. The molecule has 0 radical (unpaired) electrons. The van der Waals surface area contributed by atoms with E-state index in [9.17, 15) is 8.78 Å². The zero-order valence-electron chi connectivity index (χ0n) is 16.1. The summed E-state index contributed by atoms with van der Waals surface area (Å²) in [7, 11) is 0. The van der Waals surface area contributed by atoms with Crippen LogP contribution in [-0.4, -0.2) is 29.7 Å². The molecule has 5 rings (SSSR count). The van der Waals surface area contributed by atoms with E-state index in [4.69, 9.17) is 10.7 Å². The number of benzene rings is 1. The fraction of sp³-hybridized carbons (Fsp3) is 0.0952. The third kappa shape index (κ3) is 3.36. The van der Waals surface area contributed by atoms with E-state index in [-0.39, 0.29) is 5.82 Å². The number of hydrogen-bond acceptors (Lipinski definition) is 6. The van der Waals surface area contributed by atoms with Crippen molar-refractivity contribution in [1.82, 2.24) is 29.7 Å². The molecule has 0 fully saturated rings. The topological polar surface area (TPSA) is 95.4 Å². The minimum Gasteiger partial charge on any atom is -0.383 e. The lowest BCUT2D eigenvalue weighted by Crippen LogP contribution is -2.13. The summed E-state index contributed by atoms with van der Waals surface area (Å²) in [5, 5.41) is 5.86. The molecule has 0 aliphatic heterocycles. The van der Waals surface area contributed by atoms with Crippen LogP contribution in [-0.2, 0) is 0 Å². The second-order valence-corrected chi connectivity index (χ2v) is 8.04. The van der Waals surface area contributed by atoms with Gasteiger partial charge in [0, 0.05) is 22.7 Å². The van der Waals surface area contributed by atoms with E-state index in [0.29, 0.717) is 48.3 Å². The SMILES string of the molecule is CC(c1nc2ccc(F)cc2cc1-c1cncc(F)c1)n1nc(I)c2c(N)ncnc21. The molecule has 10 heteroatoms. The standard InChI is InChI=1S/C21H14F2IN7/c1-10(31-21-17(19(24)30-31)20(25)27-9-28-21)18-15(12-5-14(23)8-26-7-12)6-11-4-13(22)2-3-16(11)29-18/h2-10H,1H3,(H2,25,27,28). The summed E-state index contributed by atoms with van der Waals surface area (Å²) >= 11 is 2.09. The van der Waals surface area contributed by atoms with Crippen LogP contribution < -0.4 is 5.73 Å². The first-order valence-electron chi connectivity index (χ1n) is 9.27. The van der Waals surface area contributed by atoms with E-state index < -0.39 is 11.9 Å². The first-order chi connectivity index (χ1) is 14.9. The molecule has 4 heterocycles. The third-order valence-corrected chi connectivity index (χ3v) is 5.82. The highest BCUT2D eigenvalue weighted by Gasteiger charge is 2.23. The lowest BCUT2D eigenvalue weighted by Gasteiger charge is -2.18. The van der Waals surface area contributed by atoms with Gasteiger partial charge in [-0.05, 0) is 59.8 Å². The van der Waals surface area contributed by atoms with Gasteiger partial charge in [-0.15, -0.1) is 0 Å². The largest absolute Gasteiger partial charge is 0.383 e. The van der Waals surface area contributed by atoms with Crippen LogP contribution in [0.25, 0.3) is 33.1 Å². The fourth-order valence-corrected chi connectivity index (χ4v) is 4.36. The van der Waals surface area contributed by atoms with Crippen molar-refractivity contribution in [2.24, 2.45) is 0 Å². The highest BCUT2D eigenvalue weighted by Crippen LogP contribution is 2.34. The number of fused-ring (bicyclic) bond motifs is 2. The molecule has 7 nitrogen and oxygen atoms in total. The molecule has 1 atom stereocenters. The molecule has 1 aromatic carbocycles. The number of halogens is 3. The van der Waals surface area contributed by atoms with Gasteiger partial charge in [-0.25, -0.2) is 28.4 Å². The van der Waals surface area contributed by atoms with Crippen LogP contribution in [0, 0.1) is 15.3 Å². The van der Waals surface area contributed by atoms with Crippen LogP contribution in [0.3, 0.4) is 0 Å². The van der Waals surface area contributed by atoms with Gasteiger partial charge in [0.15, 0.2) is 5.65 Å². The predicted octanol–water partition coefficient (Wildman–Crippen LogP) is 4.51. The summed E-state index contributed by atoms with van der Waals surface area (Å²) in [5.74, 6) is -0.516. The summed E-state index contributed by atoms with van der Waals surface area (Å²) in [5.41, 5.74) is 8.96. The van der Waals surface area contributed by atoms with E-state index in [2.05, 4.69) is 42.6 Å². The van der Waals surface area contributed by atoms with E-state index >= 15 is 0 Å². The third-order valence-electron chi connectivity index (χ3n) is 5.06. The second-order valence-electron chi connectivity index (χ2n) is 7.02. The first kappa shape index (κ1) is 19.7. The van der Waals surface area contributed by atoms with E-state index in [1.165, 1.54) is 24.5 Å². The van der Waals surface area contributed by atoms with Crippen molar-refractivity contribution < 1.29 is 8.78 Å². The molecule has 1 unspecified atom stereocenters. The van der Waals surface area contributed by atoms with Crippen molar-refractivity contribution in [3.8, 4) is 11.1 Å². The molecule has 5 aromatic rings. The number of anilines is 1. The average molecular weight is 529 g/mol. The Morgan fingerprint density at radius 3 is 2.71 bits per heavy atom. The maximum absolute atomic E-state index is 14.0. The van der Waals surface area contributed by atoms with E-state index in [0.717, 1.165) is 6.20 Å². The second kappa shape index (κ2) is 7.45. The van der Waals surface area contributed by atoms with Crippen molar-refractivity contribution in [2.45, 2.75) is 13.0 Å². The van der Waals surface area contributed by atoms with Crippen molar-refractivity contribution in [3.63, 3.8) is 0 Å². The summed E-state index contributed by atoms with van der Waals surface area (Å²) in [6.07, 6.45) is 4.06. The van der Waals surface area contributed by atoms with E-state index in [1.807, 2.05) is 6.92 Å². The van der Waals surface area contributed by atoms with Gasteiger partial charge in [0.25, 0.3) is 0 Å². The maximum atomic E-state index is 14.0. The van der Waals surface area contributed by atoms with Crippen LogP contribution in [0.15, 0.2) is 49.1 Å². The minimum atomic E-state index is -0.477. The Hall–Kier alpha value is -3.28. The minimum absolute atomic E-state index is 0.337. The zero-order chi connectivity index (χ0) is 21.7. The Morgan fingerprint density at radius 1 is 1.06 bits per heavy atom. The number of nitrogens with zero attached hydrogens (tertiary/aromatic N) is 6. The molecule has 0 bridgehead atoms. The molecule has 0 spiro atoms. The highest BCUT2D eigenvalue weighted by molar-refractivity contribution is 14.1. The number of hydrogen-bond donors (Lipinski definition) is 1. The first-order valence-corrected chi connectivity index (χ1v) is 10.4. The van der Waals surface area contributed by atoms with Gasteiger partial charge in [0.2, 0.25) is 0 Å². The molecule has 0 saturated heterocycles. The number of nitrogens with two attached hydrogens (primary N) is 1. The molecule has 0 aliphatic rings. The Morgan fingerprint density at radius 2 is 1.90 bits per heavy atom. The smallest absolute Gasteiger partial charge is 0.165 e. The molecule has 0 saturated carbocycles. The summed E-state index contributed by atoms with van der Waals surface area (Å²) in [6.45, 7) is 1.91. The zero-order valence-corrected chi connectivity index (χ0v) is 18.2. The lowest BCUT2D eigenvalue weighted by atomic mass is 9.99. The summed E-state index contributed by atoms with van der Waals surface area (Å²) < 4.78 is 30.2. The van der Waals surface area contributed by atoms with Crippen LogP contribution in [0.5, 0.6) is 0 Å². The maximum Gasteiger partial charge on any atom is 0.165 e. The van der Waals surface area contributed by atoms with Crippen LogP contribution in [0.2, 0.25) is 0 Å². The quantitative estimate of drug-likeness (QED) is 0.346. The monoisotopic (exact) mass is 529 g/mol. The van der Waals surface area contributed by atoms with E-state index in [1.54, 1.807) is 23.0 Å². The van der Waals surface area contributed by atoms with Crippen LogP contribution in [0.4, 0.5) is 14.6 Å². The normalized spacial score (nSPS) is 12.5. The fourth-order valence-electron chi connectivity index (χ4n) is 3.61. The number of pyridine rings is 2. The van der Waals surface area contributed by atoms with Gasteiger partial charge in [-0.2, -0.15) is 5.10 Å². The number of nitrogen functional groups attached to an aromatic ring is 1. The van der Waals surface area contributed by atoms with Gasteiger partial charge in [0.05, 0.1) is 28.8 Å². The molecule has 0 aliphatic carbocycles. The Kier molecular flexibility index (Phi) is 4.73. The van der Waals surface area contributed by atoms with Gasteiger partial charge in [0.1, 0.15) is 27.5 Å². The Balaban J connectivity index is 1.78. The van der Waals surface area contributed by atoms with Crippen molar-refractivity contribution in [1.29, 1.82) is 0 Å². The van der Waals surface area contributed by atoms with Gasteiger partial charge < -0.3 is 5.73 Å². The molecular formula is C21H14F2IN7. The molecule has 154 valence electrons. The Labute approximate surface area is 188 Å². The Bertz CT molecular complexity index is 1470. The van der Waals surface area contributed by atoms with Gasteiger partial charge in [-0.1, -0.05) is 0 Å². The number of aromatic nitrogens is 6. The number of rotatable bonds is 3. The highest BCUT2D eigenvalue weighted by atomic mass is 127. The van der Waals surface area contributed by atoms with Crippen molar-refractivity contribution >= 4 is 50.3 Å². The van der Waals surface area contributed by atoms with Crippen molar-refractivity contribution in [2.75, 3.05) is 5.73 Å². The average Bonchev–Trinajstić information content (AvgIpc) is 3.10. The molecule has 31 heavy (non-hydrogen) atoms. The summed E-state index contributed by atoms with van der Waals surface area (Å²) in [4.78, 5) is 17.1. The summed E-state index contributed by atoms with van der Waals surface area (Å²) in [6, 6.07) is 7.12. The molecule has 4 aromatic heterocycles.